The van der Waals surface area contributed by atoms with Crippen LogP contribution in [-0.2, 0) is 16.0 Å². The molecule has 1 aliphatic rings. The molecule has 0 heterocycles. The first-order valence-corrected chi connectivity index (χ1v) is 10.8. The maximum atomic E-state index is 13.2. The third-order valence-corrected chi connectivity index (χ3v) is 6.06. The quantitative estimate of drug-likeness (QED) is 0.566. The smallest absolute Gasteiger partial charge is 0.167 e. The average Bonchev–Trinajstić information content (AvgIpc) is 2.78. The lowest BCUT2D eigenvalue weighted by Crippen LogP contribution is -2.34. The van der Waals surface area contributed by atoms with E-state index in [4.69, 9.17) is 0 Å². The molecule has 0 aromatic heterocycles. The summed E-state index contributed by atoms with van der Waals surface area (Å²) in [6.07, 6.45) is 2.73. The zero-order chi connectivity index (χ0) is 23.0. The van der Waals surface area contributed by atoms with Gasteiger partial charge in [0, 0.05) is 36.0 Å². The summed E-state index contributed by atoms with van der Waals surface area (Å²) in [5.74, 6) is 0.00235. The van der Waals surface area contributed by atoms with Crippen LogP contribution in [0.15, 0.2) is 48.5 Å². The molecular formula is C28H24O4. The largest absolute Gasteiger partial charge is 0.299 e. The summed E-state index contributed by atoms with van der Waals surface area (Å²) in [6.45, 7) is 4.87. The molecule has 0 saturated carbocycles. The number of Topliss-reactive ketones (excluding diaryl/α,β-unsaturated/α-hetero) is 4. The number of hydrogen-bond acceptors (Lipinski definition) is 4. The third kappa shape index (κ3) is 3.84. The van der Waals surface area contributed by atoms with Crippen LogP contribution in [0.5, 0.6) is 0 Å². The molecule has 0 N–H and O–H groups in total. The topological polar surface area (TPSA) is 68.3 Å². The lowest BCUT2D eigenvalue weighted by Gasteiger charge is -2.18. The summed E-state index contributed by atoms with van der Waals surface area (Å²) >= 11 is 0. The molecule has 0 spiro atoms. The normalized spacial score (nSPS) is 13.0. The van der Waals surface area contributed by atoms with E-state index in [-0.39, 0.29) is 36.0 Å². The van der Waals surface area contributed by atoms with E-state index in [9.17, 15) is 19.2 Å². The molecule has 0 unspecified atom stereocenters. The van der Waals surface area contributed by atoms with Crippen LogP contribution < -0.4 is 10.4 Å². The number of hydrogen-bond donors (Lipinski definition) is 0. The van der Waals surface area contributed by atoms with Gasteiger partial charge in [0.2, 0.25) is 0 Å². The molecule has 160 valence electrons. The molecule has 32 heavy (non-hydrogen) atoms. The van der Waals surface area contributed by atoms with E-state index < -0.39 is 0 Å². The van der Waals surface area contributed by atoms with Gasteiger partial charge in [-0.05, 0) is 58.3 Å². The SMILES string of the molecule is CCC(=O)Cc1ccc2cc(C(C)=O)ccc2c1C1=c2ccc(C(C)=O)cc2=CCC1=O. The monoisotopic (exact) mass is 424 g/mol. The summed E-state index contributed by atoms with van der Waals surface area (Å²) in [6, 6.07) is 14.6. The molecule has 4 nitrogen and oxygen atoms in total. The minimum Gasteiger partial charge on any atom is -0.299 e. The molecule has 0 atom stereocenters. The standard InChI is InChI=1S/C28H24O4/c1-4-23(31)15-22-6-5-20-13-18(16(2)29)7-10-24(20)27(22)28-25-11-8-19(17(3)30)14-21(25)9-12-26(28)32/h5-11,13-14H,4,12,15H2,1-3H3. The Morgan fingerprint density at radius 3 is 2.25 bits per heavy atom. The molecular weight excluding hydrogens is 400 g/mol. The first-order chi connectivity index (χ1) is 15.3. The summed E-state index contributed by atoms with van der Waals surface area (Å²) in [4.78, 5) is 49.3. The molecule has 3 aromatic carbocycles. The molecule has 0 amide bonds. The lowest BCUT2D eigenvalue weighted by molar-refractivity contribution is -0.118. The van der Waals surface area contributed by atoms with Crippen LogP contribution >= 0.6 is 0 Å². The van der Waals surface area contributed by atoms with Crippen LogP contribution in [0, 0.1) is 0 Å². The Bertz CT molecular complexity index is 1440. The Morgan fingerprint density at radius 1 is 0.875 bits per heavy atom. The van der Waals surface area contributed by atoms with Crippen LogP contribution in [0.25, 0.3) is 22.4 Å². The van der Waals surface area contributed by atoms with Crippen molar-refractivity contribution in [3.63, 3.8) is 0 Å². The maximum Gasteiger partial charge on any atom is 0.167 e. The Kier molecular flexibility index (Phi) is 5.70. The third-order valence-electron chi connectivity index (χ3n) is 6.06. The van der Waals surface area contributed by atoms with Crippen LogP contribution in [0.4, 0.5) is 0 Å². The van der Waals surface area contributed by atoms with Gasteiger partial charge >= 0.3 is 0 Å². The highest BCUT2D eigenvalue weighted by atomic mass is 16.1. The number of rotatable bonds is 6. The molecule has 0 aliphatic heterocycles. The van der Waals surface area contributed by atoms with E-state index in [0.717, 1.165) is 32.3 Å². The van der Waals surface area contributed by atoms with Gasteiger partial charge in [-0.2, -0.15) is 0 Å². The van der Waals surface area contributed by atoms with Crippen molar-refractivity contribution >= 4 is 45.6 Å². The first-order valence-electron chi connectivity index (χ1n) is 10.8. The summed E-state index contributed by atoms with van der Waals surface area (Å²) in [7, 11) is 0. The summed E-state index contributed by atoms with van der Waals surface area (Å²) < 4.78 is 0. The molecule has 4 heteroatoms. The van der Waals surface area contributed by atoms with Crippen molar-refractivity contribution < 1.29 is 19.2 Å². The fraction of sp³-hybridized carbons (Fsp3) is 0.214. The van der Waals surface area contributed by atoms with E-state index >= 15 is 0 Å². The highest BCUT2D eigenvalue weighted by molar-refractivity contribution is 6.26. The second-order valence-electron chi connectivity index (χ2n) is 8.23. The molecule has 0 fully saturated rings. The van der Waals surface area contributed by atoms with Crippen LogP contribution in [0.1, 0.15) is 65.5 Å². The van der Waals surface area contributed by atoms with E-state index in [1.807, 2.05) is 49.4 Å². The van der Waals surface area contributed by atoms with E-state index in [1.54, 1.807) is 12.1 Å². The zero-order valence-corrected chi connectivity index (χ0v) is 18.5. The van der Waals surface area contributed by atoms with Crippen LogP contribution in [0.2, 0.25) is 0 Å². The predicted molar refractivity (Wildman–Crippen MR) is 125 cm³/mol. The van der Waals surface area contributed by atoms with Crippen molar-refractivity contribution in [3.05, 3.63) is 81.2 Å². The lowest BCUT2D eigenvalue weighted by atomic mass is 9.84. The summed E-state index contributed by atoms with van der Waals surface area (Å²) in [5, 5.41) is 3.29. The number of carbonyl (C=O) groups excluding carboxylic acids is 4. The Balaban J connectivity index is 2.11. The molecule has 4 rings (SSSR count). The molecule has 0 saturated heterocycles. The fourth-order valence-electron chi connectivity index (χ4n) is 4.28. The number of carbonyl (C=O) groups is 4. The molecule has 0 radical (unpaired) electrons. The first kappa shape index (κ1) is 21.6. The van der Waals surface area contributed by atoms with Crippen LogP contribution in [-0.4, -0.2) is 23.1 Å². The summed E-state index contributed by atoms with van der Waals surface area (Å²) in [5.41, 5.74) is 3.30. The Labute approximate surface area is 186 Å². The second kappa shape index (κ2) is 8.46. The number of benzene rings is 3. The number of ketones is 4. The average molecular weight is 424 g/mol. The van der Waals surface area contributed by atoms with Crippen molar-refractivity contribution in [2.45, 2.75) is 40.0 Å². The Hall–Kier alpha value is -3.66. The zero-order valence-electron chi connectivity index (χ0n) is 18.5. The van der Waals surface area contributed by atoms with Gasteiger partial charge < -0.3 is 0 Å². The van der Waals surface area contributed by atoms with Gasteiger partial charge in [0.05, 0.1) is 0 Å². The van der Waals surface area contributed by atoms with Crippen LogP contribution in [0.3, 0.4) is 0 Å². The van der Waals surface area contributed by atoms with Gasteiger partial charge in [0.15, 0.2) is 17.3 Å². The van der Waals surface area contributed by atoms with Crippen molar-refractivity contribution in [1.82, 2.24) is 0 Å². The van der Waals surface area contributed by atoms with Gasteiger partial charge in [-0.3, -0.25) is 19.2 Å². The molecule has 0 bridgehead atoms. The van der Waals surface area contributed by atoms with E-state index in [1.165, 1.54) is 13.8 Å². The van der Waals surface area contributed by atoms with Crippen molar-refractivity contribution in [2.24, 2.45) is 0 Å². The van der Waals surface area contributed by atoms with Crippen molar-refractivity contribution in [1.29, 1.82) is 0 Å². The molecule has 3 aromatic rings. The molecule has 1 aliphatic carbocycles. The minimum absolute atomic E-state index is 0.0265. The fourth-order valence-corrected chi connectivity index (χ4v) is 4.28. The van der Waals surface area contributed by atoms with Gasteiger partial charge in [0.25, 0.3) is 0 Å². The van der Waals surface area contributed by atoms with Gasteiger partial charge in [-0.15, -0.1) is 0 Å². The van der Waals surface area contributed by atoms with Gasteiger partial charge in [0.1, 0.15) is 5.78 Å². The van der Waals surface area contributed by atoms with Crippen molar-refractivity contribution in [3.8, 4) is 0 Å². The minimum atomic E-state index is -0.0317. The van der Waals surface area contributed by atoms with Crippen molar-refractivity contribution in [2.75, 3.05) is 0 Å². The second-order valence-corrected chi connectivity index (χ2v) is 8.23. The highest BCUT2D eigenvalue weighted by Crippen LogP contribution is 2.31. The Morgan fingerprint density at radius 2 is 1.56 bits per heavy atom. The van der Waals surface area contributed by atoms with E-state index in [0.29, 0.717) is 23.1 Å². The highest BCUT2D eigenvalue weighted by Gasteiger charge is 2.22. The maximum absolute atomic E-state index is 13.2. The number of fused-ring (bicyclic) bond motifs is 2. The van der Waals surface area contributed by atoms with Gasteiger partial charge in [-0.1, -0.05) is 49.4 Å². The van der Waals surface area contributed by atoms with E-state index in [2.05, 4.69) is 0 Å². The van der Waals surface area contributed by atoms with Gasteiger partial charge in [-0.25, -0.2) is 0 Å². The predicted octanol–water partition coefficient (Wildman–Crippen LogP) is 3.72.